The Morgan fingerprint density at radius 3 is 2.72 bits per heavy atom. The van der Waals surface area contributed by atoms with E-state index in [0.717, 1.165) is 11.3 Å². The van der Waals surface area contributed by atoms with Crippen LogP contribution in [0.3, 0.4) is 0 Å². The van der Waals surface area contributed by atoms with Gasteiger partial charge in [-0.3, -0.25) is 4.90 Å². The average molecular weight is 270 g/mol. The van der Waals surface area contributed by atoms with E-state index in [0.29, 0.717) is 5.54 Å². The number of nitrogens with zero attached hydrogens (tertiary/aromatic N) is 1. The van der Waals surface area contributed by atoms with Crippen molar-refractivity contribution in [2.75, 3.05) is 25.9 Å². The lowest BCUT2D eigenvalue weighted by Gasteiger charge is -2.47. The summed E-state index contributed by atoms with van der Waals surface area (Å²) in [5.74, 6) is 0. The molecule has 0 aromatic carbocycles. The van der Waals surface area contributed by atoms with Gasteiger partial charge in [-0.1, -0.05) is 20.3 Å². The monoisotopic (exact) mass is 270 g/mol. The molecule has 1 heterocycles. The van der Waals surface area contributed by atoms with Gasteiger partial charge in [-0.15, -0.1) is 0 Å². The van der Waals surface area contributed by atoms with Crippen LogP contribution in [0.1, 0.15) is 52.4 Å². The molecule has 2 atom stereocenters. The van der Waals surface area contributed by atoms with Gasteiger partial charge < -0.3 is 5.32 Å². The zero-order valence-corrected chi connectivity index (χ0v) is 13.2. The minimum Gasteiger partial charge on any atom is -0.309 e. The van der Waals surface area contributed by atoms with Crippen molar-refractivity contribution in [2.24, 2.45) is 0 Å². The van der Waals surface area contributed by atoms with Crippen LogP contribution in [0.4, 0.5) is 0 Å². The van der Waals surface area contributed by atoms with Crippen LogP contribution in [0.5, 0.6) is 0 Å². The van der Waals surface area contributed by atoms with Gasteiger partial charge in [0.25, 0.3) is 0 Å². The molecular weight excluding hydrogens is 240 g/mol. The quantitative estimate of drug-likeness (QED) is 0.845. The normalized spacial score (nSPS) is 33.5. The van der Waals surface area contributed by atoms with Crippen LogP contribution >= 0.6 is 11.8 Å². The van der Waals surface area contributed by atoms with Gasteiger partial charge in [-0.25, -0.2) is 0 Å². The van der Waals surface area contributed by atoms with Gasteiger partial charge in [0.2, 0.25) is 0 Å². The minimum atomic E-state index is 0.393. The van der Waals surface area contributed by atoms with Crippen LogP contribution in [-0.4, -0.2) is 47.6 Å². The third-order valence-electron chi connectivity index (χ3n) is 5.21. The minimum absolute atomic E-state index is 0.393. The fourth-order valence-electron chi connectivity index (χ4n) is 3.69. The second kappa shape index (κ2) is 6.62. The van der Waals surface area contributed by atoms with Gasteiger partial charge >= 0.3 is 0 Å². The van der Waals surface area contributed by atoms with Crippen LogP contribution in [-0.2, 0) is 0 Å². The summed E-state index contributed by atoms with van der Waals surface area (Å²) in [7, 11) is 0. The fourth-order valence-corrected chi connectivity index (χ4v) is 4.51. The van der Waals surface area contributed by atoms with E-state index in [4.69, 9.17) is 0 Å². The third kappa shape index (κ3) is 3.23. The lowest BCUT2D eigenvalue weighted by atomic mass is 9.87. The molecule has 0 bridgehead atoms. The molecule has 106 valence electrons. The molecule has 0 spiro atoms. The first-order valence-electron chi connectivity index (χ1n) is 7.75. The summed E-state index contributed by atoms with van der Waals surface area (Å²) in [6, 6.07) is 0.857. The van der Waals surface area contributed by atoms with Gasteiger partial charge in [0.15, 0.2) is 0 Å². The van der Waals surface area contributed by atoms with Gasteiger partial charge in [0, 0.05) is 36.5 Å². The van der Waals surface area contributed by atoms with E-state index in [2.05, 4.69) is 42.1 Å². The number of hydrogen-bond donors (Lipinski definition) is 1. The first kappa shape index (κ1) is 14.7. The Morgan fingerprint density at radius 2 is 2.06 bits per heavy atom. The van der Waals surface area contributed by atoms with Crippen LogP contribution in [0.25, 0.3) is 0 Å². The molecule has 0 radical (unpaired) electrons. The van der Waals surface area contributed by atoms with E-state index in [1.165, 1.54) is 58.2 Å². The zero-order valence-electron chi connectivity index (χ0n) is 12.4. The molecule has 0 aromatic rings. The number of rotatable bonds is 4. The number of hydrogen-bond acceptors (Lipinski definition) is 3. The molecule has 3 heteroatoms. The Balaban J connectivity index is 1.95. The van der Waals surface area contributed by atoms with E-state index >= 15 is 0 Å². The smallest absolute Gasteiger partial charge is 0.0304 e. The molecule has 2 fully saturated rings. The second-order valence-electron chi connectivity index (χ2n) is 6.06. The van der Waals surface area contributed by atoms with Crippen molar-refractivity contribution in [1.82, 2.24) is 10.2 Å². The molecule has 1 aliphatic carbocycles. The molecule has 1 N–H and O–H groups in total. The Morgan fingerprint density at radius 1 is 1.28 bits per heavy atom. The van der Waals surface area contributed by atoms with Crippen molar-refractivity contribution >= 4 is 11.8 Å². The Labute approximate surface area is 117 Å². The highest BCUT2D eigenvalue weighted by Gasteiger charge is 2.36. The summed E-state index contributed by atoms with van der Waals surface area (Å²) in [4.78, 5) is 2.80. The van der Waals surface area contributed by atoms with Crippen molar-refractivity contribution in [1.29, 1.82) is 0 Å². The van der Waals surface area contributed by atoms with Crippen LogP contribution in [0, 0.1) is 0 Å². The van der Waals surface area contributed by atoms with Crippen molar-refractivity contribution in [3.05, 3.63) is 0 Å². The Hall–Kier alpha value is 0.270. The fraction of sp³-hybridized carbons (Fsp3) is 1.00. The van der Waals surface area contributed by atoms with E-state index in [1.807, 2.05) is 0 Å². The van der Waals surface area contributed by atoms with Gasteiger partial charge in [-0.2, -0.15) is 11.8 Å². The van der Waals surface area contributed by atoms with Crippen LogP contribution < -0.4 is 5.32 Å². The highest BCUT2D eigenvalue weighted by molar-refractivity contribution is 7.99. The lowest BCUT2D eigenvalue weighted by molar-refractivity contribution is 0.0700. The molecular formula is C15H30N2S. The molecule has 1 saturated carbocycles. The zero-order chi connectivity index (χ0) is 13.0. The van der Waals surface area contributed by atoms with Crippen LogP contribution in [0.15, 0.2) is 0 Å². The molecule has 2 unspecified atom stereocenters. The van der Waals surface area contributed by atoms with Gasteiger partial charge in [0.1, 0.15) is 0 Å². The first-order chi connectivity index (χ1) is 8.73. The predicted octanol–water partition coefficient (Wildman–Crippen LogP) is 3.12. The van der Waals surface area contributed by atoms with E-state index < -0.39 is 0 Å². The van der Waals surface area contributed by atoms with E-state index in [1.54, 1.807) is 0 Å². The highest BCUT2D eigenvalue weighted by atomic mass is 32.2. The lowest BCUT2D eigenvalue weighted by Crippen LogP contribution is -2.62. The number of nitrogens with one attached hydrogen (secondary N) is 1. The Kier molecular flexibility index (Phi) is 5.40. The van der Waals surface area contributed by atoms with Crippen molar-refractivity contribution < 1.29 is 0 Å². The second-order valence-corrected chi connectivity index (χ2v) is 7.20. The molecule has 1 aliphatic heterocycles. The summed E-state index contributed by atoms with van der Waals surface area (Å²) >= 11 is 2.08. The summed E-state index contributed by atoms with van der Waals surface area (Å²) in [6.07, 6.45) is 10.5. The molecule has 18 heavy (non-hydrogen) atoms. The standard InChI is InChI=1S/C15H30N2S/c1-4-15(5-2)12-17(10-9-16-15)13-7-6-8-14(11-13)18-3/h13-14,16H,4-12H2,1-3H3. The molecule has 2 aliphatic rings. The summed E-state index contributed by atoms with van der Waals surface area (Å²) < 4.78 is 0. The molecule has 1 saturated heterocycles. The largest absolute Gasteiger partial charge is 0.309 e. The predicted molar refractivity (Wildman–Crippen MR) is 82.4 cm³/mol. The van der Waals surface area contributed by atoms with Gasteiger partial charge in [-0.05, 0) is 38.4 Å². The summed E-state index contributed by atoms with van der Waals surface area (Å²) in [5.41, 5.74) is 0.393. The first-order valence-corrected chi connectivity index (χ1v) is 9.03. The molecule has 0 amide bonds. The number of piperazine rings is 1. The van der Waals surface area contributed by atoms with Crippen molar-refractivity contribution in [3.63, 3.8) is 0 Å². The van der Waals surface area contributed by atoms with Crippen molar-refractivity contribution in [2.45, 2.75) is 69.2 Å². The average Bonchev–Trinajstić information content (AvgIpc) is 2.47. The van der Waals surface area contributed by atoms with Crippen molar-refractivity contribution in [3.8, 4) is 0 Å². The molecule has 2 rings (SSSR count). The topological polar surface area (TPSA) is 15.3 Å². The SMILES string of the molecule is CCC1(CC)CN(C2CCCC(SC)C2)CCN1. The van der Waals surface area contributed by atoms with Gasteiger partial charge in [0.05, 0.1) is 0 Å². The maximum Gasteiger partial charge on any atom is 0.0304 e. The Bertz CT molecular complexity index is 253. The maximum absolute atomic E-state index is 3.78. The molecule has 0 aromatic heterocycles. The highest BCUT2D eigenvalue weighted by Crippen LogP contribution is 2.32. The maximum atomic E-state index is 3.78. The third-order valence-corrected chi connectivity index (χ3v) is 6.30. The van der Waals surface area contributed by atoms with E-state index in [9.17, 15) is 0 Å². The number of thioether (sulfide) groups is 1. The summed E-state index contributed by atoms with van der Waals surface area (Å²) in [5, 5.41) is 4.69. The van der Waals surface area contributed by atoms with E-state index in [-0.39, 0.29) is 0 Å². The summed E-state index contributed by atoms with van der Waals surface area (Å²) in [6.45, 7) is 8.39. The molecule has 2 nitrogen and oxygen atoms in total. The van der Waals surface area contributed by atoms with Crippen LogP contribution in [0.2, 0.25) is 0 Å².